The van der Waals surface area contributed by atoms with E-state index in [1.54, 1.807) is 0 Å². The average Bonchev–Trinajstić information content (AvgIpc) is 2.94. The van der Waals surface area contributed by atoms with E-state index in [1.165, 1.54) is 0 Å². The highest BCUT2D eigenvalue weighted by Crippen LogP contribution is 2.16. The average molecular weight is 347 g/mol. The number of hydrogen-bond acceptors (Lipinski definition) is 6. The molecule has 6 nitrogen and oxygen atoms in total. The van der Waals surface area contributed by atoms with Crippen molar-refractivity contribution in [3.63, 3.8) is 0 Å². The fourth-order valence-electron chi connectivity index (χ4n) is 1.74. The van der Waals surface area contributed by atoms with Gasteiger partial charge in [0.05, 0.1) is 13.2 Å². The summed E-state index contributed by atoms with van der Waals surface area (Å²) in [7, 11) is 3.75. The number of aromatic nitrogens is 2. The zero-order chi connectivity index (χ0) is 15.1. The van der Waals surface area contributed by atoms with Crippen molar-refractivity contribution in [1.29, 1.82) is 0 Å². The highest BCUT2D eigenvalue weighted by molar-refractivity contribution is 6.30. The van der Waals surface area contributed by atoms with E-state index in [2.05, 4.69) is 15.5 Å². The van der Waals surface area contributed by atoms with Crippen molar-refractivity contribution >= 4 is 30.0 Å². The molecule has 0 unspecified atom stereocenters. The molecule has 0 amide bonds. The van der Waals surface area contributed by atoms with E-state index in [4.69, 9.17) is 20.8 Å². The van der Waals surface area contributed by atoms with Crippen LogP contribution in [0.25, 0.3) is 0 Å². The van der Waals surface area contributed by atoms with Gasteiger partial charge in [0.1, 0.15) is 5.75 Å². The molecule has 1 N–H and O–H groups in total. The number of hydrogen-bond donors (Lipinski definition) is 1. The third-order valence-electron chi connectivity index (χ3n) is 2.83. The Kier molecular flexibility index (Phi) is 8.01. The second-order valence-electron chi connectivity index (χ2n) is 4.59. The molecule has 0 saturated carbocycles. The maximum absolute atomic E-state index is 5.82. The van der Waals surface area contributed by atoms with Gasteiger partial charge in [-0.15, -0.1) is 17.5 Å². The molecule has 1 aromatic heterocycles. The highest BCUT2D eigenvalue weighted by Gasteiger charge is 2.09. The predicted molar refractivity (Wildman–Crippen MR) is 89.1 cm³/mol. The lowest BCUT2D eigenvalue weighted by atomic mass is 10.3. The minimum absolute atomic E-state index is 0. The number of nitrogens with one attached hydrogen (secondary N) is 1. The SMILES string of the molecule is CNCc1nnc(N(C)CCCOc2ccc(Cl)cc2)o1.Cl. The van der Waals surface area contributed by atoms with E-state index in [1.807, 2.05) is 43.3 Å². The van der Waals surface area contributed by atoms with Gasteiger partial charge in [-0.2, -0.15) is 0 Å². The van der Waals surface area contributed by atoms with Crippen LogP contribution in [-0.4, -0.2) is 37.4 Å². The number of nitrogens with zero attached hydrogens (tertiary/aromatic N) is 3. The van der Waals surface area contributed by atoms with Crippen molar-refractivity contribution in [2.75, 3.05) is 32.1 Å². The van der Waals surface area contributed by atoms with Gasteiger partial charge in [-0.25, -0.2) is 0 Å². The molecular formula is C14H20Cl2N4O2. The fraction of sp³-hybridized carbons (Fsp3) is 0.429. The minimum Gasteiger partial charge on any atom is -0.494 e. The van der Waals surface area contributed by atoms with Crippen molar-refractivity contribution in [2.45, 2.75) is 13.0 Å². The van der Waals surface area contributed by atoms with E-state index in [9.17, 15) is 0 Å². The minimum atomic E-state index is 0. The molecule has 1 aromatic carbocycles. The highest BCUT2D eigenvalue weighted by atomic mass is 35.5. The molecule has 0 saturated heterocycles. The topological polar surface area (TPSA) is 63.4 Å². The monoisotopic (exact) mass is 346 g/mol. The zero-order valence-electron chi connectivity index (χ0n) is 12.6. The lowest BCUT2D eigenvalue weighted by Gasteiger charge is -2.13. The number of halogens is 2. The predicted octanol–water partition coefficient (Wildman–Crippen LogP) is 2.77. The van der Waals surface area contributed by atoms with Crippen LogP contribution in [0, 0.1) is 0 Å². The largest absolute Gasteiger partial charge is 0.494 e. The summed E-state index contributed by atoms with van der Waals surface area (Å²) >= 11 is 5.82. The summed E-state index contributed by atoms with van der Waals surface area (Å²) in [5.74, 6) is 1.40. The molecule has 0 atom stereocenters. The first-order valence-electron chi connectivity index (χ1n) is 6.75. The van der Waals surface area contributed by atoms with Gasteiger partial charge >= 0.3 is 6.01 Å². The standard InChI is InChI=1S/C14H19ClN4O2.ClH/c1-16-10-13-17-18-14(21-13)19(2)8-3-9-20-12-6-4-11(15)5-7-12;/h4-7,16H,3,8-10H2,1-2H3;1H. The van der Waals surface area contributed by atoms with Crippen molar-refractivity contribution in [3.05, 3.63) is 35.2 Å². The van der Waals surface area contributed by atoms with Crippen molar-refractivity contribution < 1.29 is 9.15 Å². The Bertz CT molecular complexity index is 548. The van der Waals surface area contributed by atoms with Crippen LogP contribution in [0.5, 0.6) is 5.75 Å². The molecule has 0 spiro atoms. The number of ether oxygens (including phenoxy) is 1. The summed E-state index contributed by atoms with van der Waals surface area (Å²) in [6, 6.07) is 7.85. The second kappa shape index (κ2) is 9.50. The molecule has 0 aliphatic rings. The lowest BCUT2D eigenvalue weighted by molar-refractivity contribution is 0.311. The van der Waals surface area contributed by atoms with Crippen LogP contribution in [0.2, 0.25) is 5.02 Å². The third-order valence-corrected chi connectivity index (χ3v) is 3.08. The maximum atomic E-state index is 5.82. The quantitative estimate of drug-likeness (QED) is 0.741. The van der Waals surface area contributed by atoms with E-state index in [-0.39, 0.29) is 12.4 Å². The number of anilines is 1. The third kappa shape index (κ3) is 5.71. The Morgan fingerprint density at radius 3 is 2.68 bits per heavy atom. The first-order chi connectivity index (χ1) is 10.2. The van der Waals surface area contributed by atoms with Crippen molar-refractivity contribution in [1.82, 2.24) is 15.5 Å². The lowest BCUT2D eigenvalue weighted by Crippen LogP contribution is -2.20. The summed E-state index contributed by atoms with van der Waals surface area (Å²) in [5, 5.41) is 11.6. The van der Waals surface area contributed by atoms with Crippen molar-refractivity contribution in [3.8, 4) is 5.75 Å². The number of rotatable bonds is 8. The van der Waals surface area contributed by atoms with Gasteiger partial charge in [0.2, 0.25) is 5.89 Å². The zero-order valence-corrected chi connectivity index (χ0v) is 14.2. The van der Waals surface area contributed by atoms with Gasteiger partial charge in [-0.1, -0.05) is 16.7 Å². The maximum Gasteiger partial charge on any atom is 0.317 e. The Labute approximate surface area is 141 Å². The van der Waals surface area contributed by atoms with E-state index in [0.717, 1.165) is 18.7 Å². The van der Waals surface area contributed by atoms with Gasteiger partial charge in [-0.05, 0) is 37.7 Å². The molecule has 8 heteroatoms. The summed E-state index contributed by atoms with van der Waals surface area (Å²) < 4.78 is 11.1. The Balaban J connectivity index is 0.00000242. The molecule has 0 bridgehead atoms. The second-order valence-corrected chi connectivity index (χ2v) is 5.02. The van der Waals surface area contributed by atoms with Crippen LogP contribution in [0.15, 0.2) is 28.7 Å². The molecule has 0 aliphatic heterocycles. The van der Waals surface area contributed by atoms with Crippen molar-refractivity contribution in [2.24, 2.45) is 0 Å². The van der Waals surface area contributed by atoms with Gasteiger partial charge in [0.15, 0.2) is 0 Å². The Morgan fingerprint density at radius 2 is 2.00 bits per heavy atom. The summed E-state index contributed by atoms with van der Waals surface area (Å²) in [6.07, 6.45) is 0.850. The van der Waals surface area contributed by atoms with E-state index >= 15 is 0 Å². The van der Waals surface area contributed by atoms with Crippen LogP contribution < -0.4 is 15.0 Å². The Morgan fingerprint density at radius 1 is 1.27 bits per heavy atom. The van der Waals surface area contributed by atoms with Gasteiger partial charge in [0, 0.05) is 18.6 Å². The molecule has 122 valence electrons. The van der Waals surface area contributed by atoms with Crippen LogP contribution in [-0.2, 0) is 6.54 Å². The first-order valence-corrected chi connectivity index (χ1v) is 7.13. The van der Waals surface area contributed by atoms with Crippen LogP contribution in [0.1, 0.15) is 12.3 Å². The van der Waals surface area contributed by atoms with Gasteiger partial charge in [0.25, 0.3) is 0 Å². The normalized spacial score (nSPS) is 10.1. The first kappa shape index (κ1) is 18.5. The van der Waals surface area contributed by atoms with Gasteiger partial charge < -0.3 is 19.4 Å². The molecular weight excluding hydrogens is 327 g/mol. The fourth-order valence-corrected chi connectivity index (χ4v) is 1.87. The van der Waals surface area contributed by atoms with Gasteiger partial charge in [-0.3, -0.25) is 0 Å². The van der Waals surface area contributed by atoms with Crippen LogP contribution in [0.4, 0.5) is 6.01 Å². The number of benzene rings is 1. The molecule has 22 heavy (non-hydrogen) atoms. The summed E-state index contributed by atoms with van der Waals surface area (Å²) in [5.41, 5.74) is 0. The molecule has 2 rings (SSSR count). The summed E-state index contributed by atoms with van der Waals surface area (Å²) in [6.45, 7) is 1.96. The molecule has 0 fully saturated rings. The Hall–Kier alpha value is -1.50. The van der Waals surface area contributed by atoms with Crippen LogP contribution >= 0.6 is 24.0 Å². The van der Waals surface area contributed by atoms with E-state index in [0.29, 0.717) is 30.1 Å². The van der Waals surface area contributed by atoms with Crippen LogP contribution in [0.3, 0.4) is 0 Å². The molecule has 0 radical (unpaired) electrons. The smallest absolute Gasteiger partial charge is 0.317 e. The molecule has 1 heterocycles. The molecule has 0 aliphatic carbocycles. The molecule has 2 aromatic rings. The summed E-state index contributed by atoms with van der Waals surface area (Å²) in [4.78, 5) is 1.91. The van der Waals surface area contributed by atoms with E-state index < -0.39 is 0 Å².